The molecule has 0 aromatic heterocycles. The Morgan fingerprint density at radius 3 is 2.71 bits per heavy atom. The number of aliphatic hydroxyl groups is 1. The molecule has 14 heavy (non-hydrogen) atoms. The molecule has 0 spiro atoms. The first-order valence-corrected chi connectivity index (χ1v) is 3.79. The van der Waals surface area contributed by atoms with Gasteiger partial charge in [-0.05, 0) is 0 Å². The van der Waals surface area contributed by atoms with Crippen molar-refractivity contribution in [3.63, 3.8) is 0 Å². The molecule has 1 amide bonds. The van der Waals surface area contributed by atoms with E-state index in [4.69, 9.17) is 5.11 Å². The maximum atomic E-state index is 10.9. The first kappa shape index (κ1) is 10.5. The van der Waals surface area contributed by atoms with E-state index >= 15 is 0 Å². The van der Waals surface area contributed by atoms with Gasteiger partial charge >= 0.3 is 17.8 Å². The van der Waals surface area contributed by atoms with Gasteiger partial charge in [0.15, 0.2) is 6.04 Å². The summed E-state index contributed by atoms with van der Waals surface area (Å²) in [7, 11) is 1.03. The van der Waals surface area contributed by atoms with Crippen LogP contribution in [0, 0.1) is 0 Å². The fraction of sp³-hybridized carbons (Fsp3) is 0.571. The Balaban J connectivity index is 2.55. The lowest BCUT2D eigenvalue weighted by atomic mass is 10.2. The van der Waals surface area contributed by atoms with Gasteiger partial charge in [0.1, 0.15) is 12.7 Å². The number of amides is 1. The second kappa shape index (κ2) is 4.05. The third-order valence-corrected chi connectivity index (χ3v) is 1.69. The molecule has 1 fully saturated rings. The molecule has 7 nitrogen and oxygen atoms in total. The molecule has 2 N–H and O–H groups in total. The van der Waals surface area contributed by atoms with Crippen molar-refractivity contribution in [2.45, 2.75) is 12.1 Å². The summed E-state index contributed by atoms with van der Waals surface area (Å²) in [5.74, 6) is -2.98. The number of ether oxygens (including phenoxy) is 2. The molecule has 1 aliphatic rings. The predicted molar refractivity (Wildman–Crippen MR) is 40.9 cm³/mol. The lowest BCUT2D eigenvalue weighted by Gasteiger charge is -2.10. The van der Waals surface area contributed by atoms with E-state index in [-0.39, 0.29) is 6.61 Å². The summed E-state index contributed by atoms with van der Waals surface area (Å²) in [5.41, 5.74) is 0. The Bertz CT molecular complexity index is 275. The van der Waals surface area contributed by atoms with E-state index in [1.807, 2.05) is 5.32 Å². The van der Waals surface area contributed by atoms with E-state index in [1.165, 1.54) is 0 Å². The van der Waals surface area contributed by atoms with Crippen molar-refractivity contribution in [3.8, 4) is 0 Å². The number of carbonyl (C=O) groups is 3. The minimum atomic E-state index is -1.19. The van der Waals surface area contributed by atoms with Gasteiger partial charge in [0.2, 0.25) is 0 Å². The number of rotatable bonds is 1. The van der Waals surface area contributed by atoms with Crippen LogP contribution in [0.15, 0.2) is 0 Å². The second-order valence-electron chi connectivity index (χ2n) is 2.64. The summed E-state index contributed by atoms with van der Waals surface area (Å²) in [5, 5.41) is 11.1. The smallest absolute Gasteiger partial charge is 0.396 e. The van der Waals surface area contributed by atoms with Gasteiger partial charge in [0, 0.05) is 0 Å². The maximum absolute atomic E-state index is 10.9. The molecule has 1 aliphatic heterocycles. The third kappa shape index (κ3) is 1.99. The summed E-state index contributed by atoms with van der Waals surface area (Å²) >= 11 is 0. The Labute approximate surface area is 79.0 Å². The van der Waals surface area contributed by atoms with Crippen LogP contribution in [0.25, 0.3) is 0 Å². The lowest BCUT2D eigenvalue weighted by Crippen LogP contribution is -2.47. The lowest BCUT2D eigenvalue weighted by molar-refractivity contribution is -0.154. The van der Waals surface area contributed by atoms with Crippen LogP contribution in [0.5, 0.6) is 0 Å². The Morgan fingerprint density at radius 1 is 1.64 bits per heavy atom. The van der Waals surface area contributed by atoms with Crippen molar-refractivity contribution in [3.05, 3.63) is 0 Å². The fourth-order valence-electron chi connectivity index (χ4n) is 0.959. The molecule has 78 valence electrons. The highest BCUT2D eigenvalue weighted by atomic mass is 16.6. The molecule has 1 saturated heterocycles. The van der Waals surface area contributed by atoms with Crippen LogP contribution in [0.4, 0.5) is 0 Å². The minimum absolute atomic E-state index is 0.190. The van der Waals surface area contributed by atoms with Crippen molar-refractivity contribution in [2.24, 2.45) is 0 Å². The highest BCUT2D eigenvalue weighted by molar-refractivity contribution is 6.32. The number of carbonyl (C=O) groups excluding carboxylic acids is 3. The van der Waals surface area contributed by atoms with Crippen molar-refractivity contribution in [2.75, 3.05) is 13.7 Å². The zero-order chi connectivity index (χ0) is 10.7. The Hall–Kier alpha value is -1.63. The second-order valence-corrected chi connectivity index (χ2v) is 2.64. The summed E-state index contributed by atoms with van der Waals surface area (Å²) in [6.07, 6.45) is -1.13. The molecule has 0 saturated carbocycles. The topological polar surface area (TPSA) is 102 Å². The molecular weight excluding hydrogens is 194 g/mol. The quantitative estimate of drug-likeness (QED) is 0.362. The van der Waals surface area contributed by atoms with Crippen molar-refractivity contribution in [1.29, 1.82) is 0 Å². The molecule has 0 aromatic rings. The summed E-state index contributed by atoms with van der Waals surface area (Å²) in [6.45, 7) is -0.190. The number of esters is 2. The maximum Gasteiger partial charge on any atom is 0.396 e. The highest BCUT2D eigenvalue weighted by Crippen LogP contribution is 2.06. The Morgan fingerprint density at radius 2 is 2.29 bits per heavy atom. The number of cyclic esters (lactones) is 1. The number of hydrogen-bond acceptors (Lipinski definition) is 6. The standard InChI is InChI=1S/C7H9NO6/c1-13-7(12)5(10)8-4-3(9)2-14-6(4)11/h3-4,9H,2H2,1H3,(H,8,10). The van der Waals surface area contributed by atoms with Gasteiger partial charge in [0.25, 0.3) is 0 Å². The molecule has 2 unspecified atom stereocenters. The summed E-state index contributed by atoms with van der Waals surface area (Å²) < 4.78 is 8.54. The van der Waals surface area contributed by atoms with E-state index in [1.54, 1.807) is 0 Å². The average Bonchev–Trinajstić information content (AvgIpc) is 2.48. The number of methoxy groups -OCH3 is 1. The summed E-state index contributed by atoms with van der Waals surface area (Å²) in [4.78, 5) is 32.4. The molecule has 1 heterocycles. The van der Waals surface area contributed by atoms with Crippen LogP contribution < -0.4 is 5.32 Å². The van der Waals surface area contributed by atoms with Gasteiger partial charge in [0.05, 0.1) is 7.11 Å². The van der Waals surface area contributed by atoms with Crippen molar-refractivity contribution in [1.82, 2.24) is 5.32 Å². The van der Waals surface area contributed by atoms with Crippen LogP contribution in [0.2, 0.25) is 0 Å². The first-order chi connectivity index (χ1) is 6.56. The minimum Gasteiger partial charge on any atom is -0.462 e. The average molecular weight is 203 g/mol. The largest absolute Gasteiger partial charge is 0.462 e. The molecule has 2 atom stereocenters. The molecule has 1 rings (SSSR count). The molecule has 0 aliphatic carbocycles. The van der Waals surface area contributed by atoms with Gasteiger partial charge in [-0.25, -0.2) is 9.59 Å². The fourth-order valence-corrected chi connectivity index (χ4v) is 0.959. The van der Waals surface area contributed by atoms with E-state index in [2.05, 4.69) is 9.47 Å². The highest BCUT2D eigenvalue weighted by Gasteiger charge is 2.38. The van der Waals surface area contributed by atoms with Crippen molar-refractivity contribution >= 4 is 17.8 Å². The molecule has 0 aromatic carbocycles. The van der Waals surface area contributed by atoms with E-state index in [0.717, 1.165) is 7.11 Å². The summed E-state index contributed by atoms with van der Waals surface area (Å²) in [6, 6.07) is -1.19. The van der Waals surface area contributed by atoms with E-state index in [0.29, 0.717) is 0 Å². The van der Waals surface area contributed by atoms with Crippen LogP contribution in [0.3, 0.4) is 0 Å². The molecule has 0 radical (unpaired) electrons. The van der Waals surface area contributed by atoms with E-state index < -0.39 is 30.0 Å². The van der Waals surface area contributed by atoms with Crippen LogP contribution >= 0.6 is 0 Å². The number of nitrogens with one attached hydrogen (secondary N) is 1. The third-order valence-electron chi connectivity index (χ3n) is 1.69. The van der Waals surface area contributed by atoms with Crippen LogP contribution in [-0.4, -0.2) is 48.8 Å². The molecule has 0 bridgehead atoms. The SMILES string of the molecule is COC(=O)C(=O)NC1C(=O)OCC1O. The number of hydrogen-bond donors (Lipinski definition) is 2. The zero-order valence-corrected chi connectivity index (χ0v) is 7.35. The molecule has 7 heteroatoms. The monoisotopic (exact) mass is 203 g/mol. The normalized spacial score (nSPS) is 25.4. The molecular formula is C7H9NO6. The van der Waals surface area contributed by atoms with Gasteiger partial charge < -0.3 is 19.9 Å². The van der Waals surface area contributed by atoms with Gasteiger partial charge in [-0.1, -0.05) is 0 Å². The van der Waals surface area contributed by atoms with E-state index in [9.17, 15) is 14.4 Å². The predicted octanol–water partition coefficient (Wildman–Crippen LogP) is -2.44. The number of aliphatic hydroxyl groups excluding tert-OH is 1. The van der Waals surface area contributed by atoms with Gasteiger partial charge in [-0.15, -0.1) is 0 Å². The van der Waals surface area contributed by atoms with Gasteiger partial charge in [-0.2, -0.15) is 0 Å². The Kier molecular flexibility index (Phi) is 3.03. The van der Waals surface area contributed by atoms with Crippen LogP contribution in [-0.2, 0) is 23.9 Å². The van der Waals surface area contributed by atoms with Crippen molar-refractivity contribution < 1.29 is 29.0 Å². The zero-order valence-electron chi connectivity index (χ0n) is 7.35. The first-order valence-electron chi connectivity index (χ1n) is 3.79. The van der Waals surface area contributed by atoms with Gasteiger partial charge in [-0.3, -0.25) is 4.79 Å². The van der Waals surface area contributed by atoms with Crippen LogP contribution in [0.1, 0.15) is 0 Å².